The Bertz CT molecular complexity index is 348. The van der Waals surface area contributed by atoms with Gasteiger partial charge in [-0.05, 0) is 38.2 Å². The van der Waals surface area contributed by atoms with E-state index < -0.39 is 0 Å². The van der Waals surface area contributed by atoms with Gasteiger partial charge in [0.1, 0.15) is 0 Å². The van der Waals surface area contributed by atoms with Crippen LogP contribution >= 0.6 is 0 Å². The smallest absolute Gasteiger partial charge is 0.0789 e. The Balaban J connectivity index is 2.37. The van der Waals surface area contributed by atoms with E-state index in [4.69, 9.17) is 0 Å². The lowest BCUT2D eigenvalue weighted by molar-refractivity contribution is 0.160. The van der Waals surface area contributed by atoms with Crippen molar-refractivity contribution in [2.75, 3.05) is 0 Å². The number of rotatable bonds is 2. The van der Waals surface area contributed by atoms with Crippen molar-refractivity contribution in [1.29, 1.82) is 0 Å². The predicted octanol–water partition coefficient (Wildman–Crippen LogP) is 3.62. The number of allylic oxidation sites excluding steroid dienone is 3. The highest BCUT2D eigenvalue weighted by Crippen LogP contribution is 2.42. The van der Waals surface area contributed by atoms with E-state index in [2.05, 4.69) is 26.5 Å². The molecule has 3 unspecified atom stereocenters. The molecule has 0 saturated carbocycles. The molecule has 2 rings (SSSR count). The van der Waals surface area contributed by atoms with Crippen molar-refractivity contribution in [2.45, 2.75) is 45.6 Å². The molecule has 1 N–H and O–H groups in total. The molecule has 0 fully saturated rings. The van der Waals surface area contributed by atoms with Gasteiger partial charge in [0.25, 0.3) is 0 Å². The van der Waals surface area contributed by atoms with Gasteiger partial charge in [-0.25, -0.2) is 0 Å². The average molecular weight is 218 g/mol. The van der Waals surface area contributed by atoms with Crippen LogP contribution in [0.3, 0.4) is 0 Å². The molecule has 0 saturated heterocycles. The van der Waals surface area contributed by atoms with Crippen LogP contribution in [0.15, 0.2) is 35.5 Å². The van der Waals surface area contributed by atoms with Crippen molar-refractivity contribution in [3.8, 4) is 0 Å². The van der Waals surface area contributed by atoms with Crippen LogP contribution in [-0.2, 0) is 0 Å². The lowest BCUT2D eigenvalue weighted by Gasteiger charge is -2.35. The minimum Gasteiger partial charge on any atom is -0.388 e. The van der Waals surface area contributed by atoms with Crippen LogP contribution in [-0.4, -0.2) is 11.2 Å². The first kappa shape index (κ1) is 11.7. The van der Waals surface area contributed by atoms with E-state index >= 15 is 0 Å². The molecule has 0 spiro atoms. The molecular formula is C15H22O. The predicted molar refractivity (Wildman–Crippen MR) is 68.1 cm³/mol. The first-order valence-electron chi connectivity index (χ1n) is 6.39. The van der Waals surface area contributed by atoms with E-state index in [1.54, 1.807) is 0 Å². The standard InChI is InChI=1S/C15H22O/c1-4-11-13-7-5-6-12(10(2)3)14(13)8-9-15(11)16/h8-9,11-12,15-16H,2,4-7H2,1,3H3. The van der Waals surface area contributed by atoms with Crippen molar-refractivity contribution in [2.24, 2.45) is 11.8 Å². The Labute approximate surface area is 98.6 Å². The molecule has 0 radical (unpaired) electrons. The van der Waals surface area contributed by atoms with E-state index in [-0.39, 0.29) is 6.10 Å². The lowest BCUT2D eigenvalue weighted by Crippen LogP contribution is -2.27. The van der Waals surface area contributed by atoms with Crippen LogP contribution in [0.2, 0.25) is 0 Å². The molecule has 0 bridgehead atoms. The second-order valence-electron chi connectivity index (χ2n) is 5.14. The monoisotopic (exact) mass is 218 g/mol. The fraction of sp³-hybridized carbons (Fsp3) is 0.600. The highest BCUT2D eigenvalue weighted by atomic mass is 16.3. The molecule has 0 aromatic carbocycles. The largest absolute Gasteiger partial charge is 0.388 e. The zero-order valence-corrected chi connectivity index (χ0v) is 10.4. The summed E-state index contributed by atoms with van der Waals surface area (Å²) in [7, 11) is 0. The third-order valence-corrected chi connectivity index (χ3v) is 4.05. The summed E-state index contributed by atoms with van der Waals surface area (Å²) in [4.78, 5) is 0. The third kappa shape index (κ3) is 1.89. The molecule has 88 valence electrons. The fourth-order valence-electron chi connectivity index (χ4n) is 3.19. The van der Waals surface area contributed by atoms with Crippen LogP contribution in [0.25, 0.3) is 0 Å². The normalized spacial score (nSPS) is 33.8. The van der Waals surface area contributed by atoms with Gasteiger partial charge in [-0.15, -0.1) is 0 Å². The van der Waals surface area contributed by atoms with Gasteiger partial charge in [-0.2, -0.15) is 0 Å². The maximum absolute atomic E-state index is 9.99. The van der Waals surface area contributed by atoms with Crippen molar-refractivity contribution in [3.63, 3.8) is 0 Å². The summed E-state index contributed by atoms with van der Waals surface area (Å²) in [6.45, 7) is 8.40. The first-order chi connectivity index (χ1) is 7.65. The molecule has 2 aliphatic carbocycles. The summed E-state index contributed by atoms with van der Waals surface area (Å²) < 4.78 is 0. The fourth-order valence-corrected chi connectivity index (χ4v) is 3.19. The summed E-state index contributed by atoms with van der Waals surface area (Å²) in [5, 5.41) is 9.99. The Hall–Kier alpha value is -0.820. The van der Waals surface area contributed by atoms with Crippen LogP contribution < -0.4 is 0 Å². The summed E-state index contributed by atoms with van der Waals surface area (Å²) >= 11 is 0. The Morgan fingerprint density at radius 3 is 2.94 bits per heavy atom. The SMILES string of the molecule is C=C(C)C1CCCC2=C1C=CC(O)C2CC. The summed E-state index contributed by atoms with van der Waals surface area (Å²) in [6, 6.07) is 0. The molecule has 0 aromatic heterocycles. The number of aliphatic hydroxyl groups is 1. The molecule has 0 heterocycles. The first-order valence-corrected chi connectivity index (χ1v) is 6.39. The maximum Gasteiger partial charge on any atom is 0.0789 e. The van der Waals surface area contributed by atoms with Gasteiger partial charge in [-0.3, -0.25) is 0 Å². The van der Waals surface area contributed by atoms with Crippen molar-refractivity contribution in [3.05, 3.63) is 35.5 Å². The van der Waals surface area contributed by atoms with Gasteiger partial charge in [-0.1, -0.05) is 36.8 Å². The quantitative estimate of drug-likeness (QED) is 0.702. The highest BCUT2D eigenvalue weighted by Gasteiger charge is 2.31. The molecule has 1 heteroatoms. The lowest BCUT2D eigenvalue weighted by atomic mass is 9.71. The maximum atomic E-state index is 9.99. The molecule has 1 nitrogen and oxygen atoms in total. The van der Waals surface area contributed by atoms with Crippen molar-refractivity contribution >= 4 is 0 Å². The molecule has 0 aromatic rings. The summed E-state index contributed by atoms with van der Waals surface area (Å²) in [6.07, 6.45) is 8.51. The minimum absolute atomic E-state index is 0.271. The van der Waals surface area contributed by atoms with Gasteiger partial charge in [0.05, 0.1) is 6.10 Å². The minimum atomic E-state index is -0.271. The van der Waals surface area contributed by atoms with Gasteiger partial charge < -0.3 is 5.11 Å². The van der Waals surface area contributed by atoms with Crippen LogP contribution in [0.5, 0.6) is 0 Å². The van der Waals surface area contributed by atoms with Crippen molar-refractivity contribution < 1.29 is 5.11 Å². The van der Waals surface area contributed by atoms with Gasteiger partial charge in [0.2, 0.25) is 0 Å². The zero-order valence-electron chi connectivity index (χ0n) is 10.4. The topological polar surface area (TPSA) is 20.2 Å². The van der Waals surface area contributed by atoms with Crippen LogP contribution in [0, 0.1) is 11.8 Å². The molecule has 2 aliphatic rings. The van der Waals surface area contributed by atoms with Crippen LogP contribution in [0.1, 0.15) is 39.5 Å². The van der Waals surface area contributed by atoms with E-state index in [0.717, 1.165) is 6.42 Å². The summed E-state index contributed by atoms with van der Waals surface area (Å²) in [5.74, 6) is 0.878. The molecule has 16 heavy (non-hydrogen) atoms. The molecular weight excluding hydrogens is 196 g/mol. The molecule has 0 aliphatic heterocycles. The Kier molecular flexibility index (Phi) is 3.34. The van der Waals surface area contributed by atoms with Gasteiger partial charge in [0, 0.05) is 11.8 Å². The van der Waals surface area contributed by atoms with Crippen molar-refractivity contribution in [1.82, 2.24) is 0 Å². The number of aliphatic hydroxyl groups excluding tert-OH is 1. The number of hydrogen-bond donors (Lipinski definition) is 1. The molecule has 3 atom stereocenters. The second-order valence-corrected chi connectivity index (χ2v) is 5.14. The van der Waals surface area contributed by atoms with Gasteiger partial charge >= 0.3 is 0 Å². The average Bonchev–Trinajstić information content (AvgIpc) is 2.27. The van der Waals surface area contributed by atoms with E-state index in [1.165, 1.54) is 36.0 Å². The van der Waals surface area contributed by atoms with E-state index in [0.29, 0.717) is 11.8 Å². The highest BCUT2D eigenvalue weighted by molar-refractivity contribution is 5.40. The Morgan fingerprint density at radius 2 is 2.31 bits per heavy atom. The third-order valence-electron chi connectivity index (χ3n) is 4.05. The van der Waals surface area contributed by atoms with E-state index in [9.17, 15) is 5.11 Å². The second kappa shape index (κ2) is 4.58. The van der Waals surface area contributed by atoms with E-state index in [1.807, 2.05) is 6.08 Å². The van der Waals surface area contributed by atoms with Gasteiger partial charge in [0.15, 0.2) is 0 Å². The number of hydrogen-bond acceptors (Lipinski definition) is 1. The van der Waals surface area contributed by atoms with Crippen LogP contribution in [0.4, 0.5) is 0 Å². The zero-order chi connectivity index (χ0) is 11.7. The Morgan fingerprint density at radius 1 is 1.56 bits per heavy atom. The summed E-state index contributed by atoms with van der Waals surface area (Å²) in [5.41, 5.74) is 4.22. The molecule has 0 amide bonds.